The van der Waals surface area contributed by atoms with Crippen molar-refractivity contribution in [1.82, 2.24) is 9.80 Å². The zero-order chi connectivity index (χ0) is 23.0. The molecule has 2 aliphatic heterocycles. The van der Waals surface area contributed by atoms with E-state index in [4.69, 9.17) is 18.9 Å². The van der Waals surface area contributed by atoms with E-state index in [1.807, 2.05) is 19.0 Å². The van der Waals surface area contributed by atoms with Crippen molar-refractivity contribution in [1.29, 1.82) is 0 Å². The second-order valence-corrected chi connectivity index (χ2v) is 9.77. The molecular formula is C23H38N2O6. The molecule has 2 amide bonds. The third-order valence-corrected chi connectivity index (χ3v) is 6.86. The third kappa shape index (κ3) is 5.13. The Labute approximate surface area is 185 Å². The molecule has 176 valence electrons. The van der Waals surface area contributed by atoms with Gasteiger partial charge in [-0.1, -0.05) is 11.6 Å². The first-order valence-electron chi connectivity index (χ1n) is 11.2. The summed E-state index contributed by atoms with van der Waals surface area (Å²) in [5, 5.41) is 0. The molecular weight excluding hydrogens is 400 g/mol. The van der Waals surface area contributed by atoms with Gasteiger partial charge in [0.25, 0.3) is 0 Å². The lowest BCUT2D eigenvalue weighted by atomic mass is 9.68. The average Bonchev–Trinajstić information content (AvgIpc) is 3.58. The molecule has 3 aliphatic rings. The number of hydrogen-bond acceptors (Lipinski definition) is 7. The van der Waals surface area contributed by atoms with Gasteiger partial charge in [0.05, 0.1) is 18.6 Å². The molecule has 2 saturated heterocycles. The normalized spacial score (nSPS) is 36.3. The second kappa shape index (κ2) is 9.17. The van der Waals surface area contributed by atoms with Gasteiger partial charge >= 0.3 is 6.09 Å². The lowest BCUT2D eigenvalue weighted by Crippen LogP contribution is -2.56. The minimum absolute atomic E-state index is 0.0420. The average molecular weight is 439 g/mol. The van der Waals surface area contributed by atoms with Gasteiger partial charge in [-0.25, -0.2) is 9.69 Å². The van der Waals surface area contributed by atoms with Crippen LogP contribution in [0.15, 0.2) is 11.6 Å². The van der Waals surface area contributed by atoms with Crippen molar-refractivity contribution in [2.75, 3.05) is 40.9 Å². The predicted octanol–water partition coefficient (Wildman–Crippen LogP) is 2.61. The third-order valence-electron chi connectivity index (χ3n) is 6.86. The Morgan fingerprint density at radius 1 is 1.19 bits per heavy atom. The van der Waals surface area contributed by atoms with E-state index in [0.29, 0.717) is 19.6 Å². The van der Waals surface area contributed by atoms with Crippen molar-refractivity contribution in [3.8, 4) is 0 Å². The molecule has 0 aromatic heterocycles. The minimum Gasteiger partial charge on any atom is -0.443 e. The molecule has 1 aliphatic carbocycles. The number of rotatable bonds is 8. The summed E-state index contributed by atoms with van der Waals surface area (Å²) in [5.41, 5.74) is 0.596. The second-order valence-electron chi connectivity index (χ2n) is 9.77. The molecule has 2 heterocycles. The highest BCUT2D eigenvalue weighted by Gasteiger charge is 2.72. The zero-order valence-corrected chi connectivity index (χ0v) is 20.0. The van der Waals surface area contributed by atoms with Gasteiger partial charge < -0.3 is 23.8 Å². The number of likely N-dealkylation sites (N-methyl/N-ethyl adjacent to an activating group) is 1. The fraction of sp³-hybridized carbons (Fsp3) is 0.826. The van der Waals surface area contributed by atoms with E-state index >= 15 is 0 Å². The summed E-state index contributed by atoms with van der Waals surface area (Å²) < 4.78 is 23.9. The molecule has 8 heteroatoms. The summed E-state index contributed by atoms with van der Waals surface area (Å²) in [6, 6.07) is 0. The summed E-state index contributed by atoms with van der Waals surface area (Å²) in [6.07, 6.45) is 3.11. The number of imide groups is 1. The predicted molar refractivity (Wildman–Crippen MR) is 116 cm³/mol. The van der Waals surface area contributed by atoms with Crippen LogP contribution in [-0.2, 0) is 23.7 Å². The summed E-state index contributed by atoms with van der Waals surface area (Å²) in [4.78, 5) is 28.0. The lowest BCUT2D eigenvalue weighted by molar-refractivity contribution is -0.135. The Balaban J connectivity index is 1.73. The van der Waals surface area contributed by atoms with Gasteiger partial charge in [0.2, 0.25) is 5.91 Å². The van der Waals surface area contributed by atoms with Crippen molar-refractivity contribution in [2.45, 2.75) is 76.5 Å². The van der Waals surface area contributed by atoms with Crippen LogP contribution in [-0.4, -0.2) is 92.2 Å². The minimum atomic E-state index is -0.615. The van der Waals surface area contributed by atoms with Gasteiger partial charge in [0.15, 0.2) is 0 Å². The maximum absolute atomic E-state index is 12.9. The molecule has 1 saturated carbocycles. The number of carbonyl (C=O) groups is 2. The van der Waals surface area contributed by atoms with Crippen LogP contribution in [0.1, 0.15) is 47.0 Å². The summed E-state index contributed by atoms with van der Waals surface area (Å²) in [7, 11) is 5.44. The molecule has 6 unspecified atom stereocenters. The van der Waals surface area contributed by atoms with Gasteiger partial charge in [0, 0.05) is 27.1 Å². The molecule has 0 bridgehead atoms. The number of allylic oxidation sites excluding steroid dienone is 1. The molecule has 8 nitrogen and oxygen atoms in total. The molecule has 31 heavy (non-hydrogen) atoms. The number of ether oxygens (including phenoxy) is 4. The van der Waals surface area contributed by atoms with Gasteiger partial charge in [-0.05, 0) is 54.1 Å². The quantitative estimate of drug-likeness (QED) is 0.425. The SMILES string of the molecule is COC1C(OC(=O)N(CCN(C)C)C(C)=O)CCC2(CO2)C1C1(C)OC1CC=C(C)C. The van der Waals surface area contributed by atoms with Crippen LogP contribution < -0.4 is 0 Å². The van der Waals surface area contributed by atoms with Crippen LogP contribution >= 0.6 is 0 Å². The fourth-order valence-corrected chi connectivity index (χ4v) is 4.94. The van der Waals surface area contributed by atoms with Crippen LogP contribution in [0.4, 0.5) is 4.79 Å². The first kappa shape index (κ1) is 24.2. The highest BCUT2D eigenvalue weighted by Crippen LogP contribution is 2.59. The van der Waals surface area contributed by atoms with Gasteiger partial charge in [-0.3, -0.25) is 4.79 Å². The van der Waals surface area contributed by atoms with E-state index in [1.165, 1.54) is 12.5 Å². The Kier molecular flexibility index (Phi) is 7.15. The van der Waals surface area contributed by atoms with E-state index in [1.54, 1.807) is 7.11 Å². The molecule has 0 N–H and O–H groups in total. The highest BCUT2D eigenvalue weighted by molar-refractivity contribution is 5.90. The Morgan fingerprint density at radius 3 is 2.39 bits per heavy atom. The van der Waals surface area contributed by atoms with Gasteiger partial charge in [-0.15, -0.1) is 0 Å². The van der Waals surface area contributed by atoms with Crippen molar-refractivity contribution >= 4 is 12.0 Å². The molecule has 1 spiro atoms. The van der Waals surface area contributed by atoms with Crippen molar-refractivity contribution in [3.63, 3.8) is 0 Å². The molecule has 0 aromatic carbocycles. The Hall–Kier alpha value is -1.48. The van der Waals surface area contributed by atoms with Gasteiger partial charge in [-0.2, -0.15) is 0 Å². The number of carbonyl (C=O) groups excluding carboxylic acids is 2. The van der Waals surface area contributed by atoms with Crippen molar-refractivity contribution < 1.29 is 28.5 Å². The number of hydrogen-bond donors (Lipinski definition) is 0. The fourth-order valence-electron chi connectivity index (χ4n) is 4.94. The molecule has 0 aromatic rings. The highest BCUT2D eigenvalue weighted by atomic mass is 16.6. The van der Waals surface area contributed by atoms with Crippen LogP contribution in [0, 0.1) is 5.92 Å². The standard InChI is InChI=1S/C23H38N2O6/c1-15(2)8-9-18-22(4,31-18)20-19(28-7)17(10-11-23(20)14-29-23)30-21(27)25(16(3)26)13-12-24(5)6/h8,17-20H,9-14H2,1-7H3. The van der Waals surface area contributed by atoms with E-state index in [-0.39, 0.29) is 41.8 Å². The van der Waals surface area contributed by atoms with Crippen molar-refractivity contribution in [3.05, 3.63) is 11.6 Å². The van der Waals surface area contributed by atoms with E-state index in [0.717, 1.165) is 17.7 Å². The van der Waals surface area contributed by atoms with E-state index in [9.17, 15) is 9.59 Å². The maximum Gasteiger partial charge on any atom is 0.416 e. The number of nitrogens with zero attached hydrogens (tertiary/aromatic N) is 2. The van der Waals surface area contributed by atoms with Gasteiger partial charge in [0.1, 0.15) is 23.4 Å². The smallest absolute Gasteiger partial charge is 0.416 e. The molecule has 3 rings (SSSR count). The first-order chi connectivity index (χ1) is 14.5. The first-order valence-corrected chi connectivity index (χ1v) is 11.2. The molecule has 3 fully saturated rings. The number of amides is 2. The summed E-state index contributed by atoms with van der Waals surface area (Å²) >= 11 is 0. The Bertz CT molecular complexity index is 715. The molecule has 0 radical (unpaired) electrons. The summed E-state index contributed by atoms with van der Waals surface area (Å²) in [6.45, 7) is 9.19. The Morgan fingerprint density at radius 2 is 1.87 bits per heavy atom. The topological polar surface area (TPSA) is 84.1 Å². The summed E-state index contributed by atoms with van der Waals surface area (Å²) in [5.74, 6) is -0.367. The van der Waals surface area contributed by atoms with E-state index in [2.05, 4.69) is 26.8 Å². The van der Waals surface area contributed by atoms with Crippen molar-refractivity contribution in [2.24, 2.45) is 5.92 Å². The molecule has 6 atom stereocenters. The van der Waals surface area contributed by atoms with Crippen LogP contribution in [0.5, 0.6) is 0 Å². The number of methoxy groups -OCH3 is 1. The number of epoxide rings is 2. The largest absolute Gasteiger partial charge is 0.443 e. The van der Waals surface area contributed by atoms with Crippen LogP contribution in [0.3, 0.4) is 0 Å². The lowest BCUT2D eigenvalue weighted by Gasteiger charge is -2.43. The van der Waals surface area contributed by atoms with Crippen LogP contribution in [0.2, 0.25) is 0 Å². The monoisotopic (exact) mass is 438 g/mol. The zero-order valence-electron chi connectivity index (χ0n) is 20.0. The van der Waals surface area contributed by atoms with E-state index < -0.39 is 12.2 Å². The maximum atomic E-state index is 12.9. The van der Waals surface area contributed by atoms with Crippen LogP contribution in [0.25, 0.3) is 0 Å².